The van der Waals surface area contributed by atoms with Gasteiger partial charge in [-0.1, -0.05) is 68.2 Å². The minimum absolute atomic E-state index is 0.0183. The highest BCUT2D eigenvalue weighted by Gasteiger charge is 2.31. The molecule has 0 amide bonds. The molecular formula is C27H20O4. The lowest BCUT2D eigenvalue weighted by Gasteiger charge is -2.29. The lowest BCUT2D eigenvalue weighted by Crippen LogP contribution is -2.24. The fourth-order valence-electron chi connectivity index (χ4n) is 3.63. The van der Waals surface area contributed by atoms with Crippen LogP contribution in [0.4, 0.5) is 0 Å². The van der Waals surface area contributed by atoms with Crippen LogP contribution in [0.5, 0.6) is 0 Å². The van der Waals surface area contributed by atoms with Crippen molar-refractivity contribution in [2.75, 3.05) is 0 Å². The van der Waals surface area contributed by atoms with E-state index >= 15 is 0 Å². The van der Waals surface area contributed by atoms with Gasteiger partial charge in [-0.05, 0) is 40.5 Å². The molecule has 4 rings (SSSR count). The predicted octanol–water partition coefficient (Wildman–Crippen LogP) is 5.04. The Morgan fingerprint density at radius 2 is 1.13 bits per heavy atom. The quantitative estimate of drug-likeness (QED) is 0.464. The molecule has 0 aliphatic heterocycles. The maximum Gasteiger partial charge on any atom is 0.336 e. The molecule has 152 valence electrons. The zero-order chi connectivity index (χ0) is 22.8. The number of aromatic carboxylic acids is 2. The molecule has 0 atom stereocenters. The van der Waals surface area contributed by atoms with Gasteiger partial charge in [0.15, 0.2) is 0 Å². The van der Waals surface area contributed by atoms with E-state index in [1.807, 2.05) is 13.8 Å². The Balaban J connectivity index is 0.000000381. The molecule has 0 bridgehead atoms. The first-order valence-corrected chi connectivity index (χ1v) is 9.49. The topological polar surface area (TPSA) is 74.6 Å². The van der Waals surface area contributed by atoms with E-state index in [-0.39, 0.29) is 22.3 Å². The summed E-state index contributed by atoms with van der Waals surface area (Å²) in [7, 11) is 0. The van der Waals surface area contributed by atoms with E-state index < -0.39 is 17.4 Å². The number of carboxylic acids is 2. The number of hydrogen-bond donors (Lipinski definition) is 2. The lowest BCUT2D eigenvalue weighted by atomic mass is 9.73. The molecule has 31 heavy (non-hydrogen) atoms. The van der Waals surface area contributed by atoms with Crippen molar-refractivity contribution in [1.82, 2.24) is 0 Å². The van der Waals surface area contributed by atoms with E-state index in [9.17, 15) is 19.8 Å². The Morgan fingerprint density at radius 3 is 1.39 bits per heavy atom. The molecule has 0 saturated carbocycles. The van der Waals surface area contributed by atoms with Crippen LogP contribution in [0.25, 0.3) is 11.1 Å². The third-order valence-corrected chi connectivity index (χ3v) is 5.34. The standard InChI is InChI=1S/C21H16O4.C6H4/c1-5-13-15(19(22)23)9-7-11-17(13)21(3,4)18-12-8-10-16(20(24)25)14(18)6-2;1-2-5-4-6(5)3-1/h1-2,7-12H,3-4H3,(H,22,23)(H,24,25);1-4H. The van der Waals surface area contributed by atoms with Gasteiger partial charge in [-0.3, -0.25) is 0 Å². The van der Waals surface area contributed by atoms with Crippen molar-refractivity contribution in [2.45, 2.75) is 19.3 Å². The van der Waals surface area contributed by atoms with E-state index in [0.29, 0.717) is 11.1 Å². The van der Waals surface area contributed by atoms with Crippen molar-refractivity contribution < 1.29 is 19.8 Å². The SMILES string of the molecule is C#Cc1c(C(=O)O)cccc1C(C)(C)c1cccc(C(=O)O)c1C#C.c1cc2cc-2c1. The number of hydrogen-bond acceptors (Lipinski definition) is 2. The van der Waals surface area contributed by atoms with Crippen molar-refractivity contribution in [3.8, 4) is 35.8 Å². The average molecular weight is 408 g/mol. The first kappa shape index (κ1) is 21.4. The Morgan fingerprint density at radius 1 is 0.742 bits per heavy atom. The highest BCUT2D eigenvalue weighted by molar-refractivity contribution is 5.92. The Kier molecular flexibility index (Phi) is 5.68. The summed E-state index contributed by atoms with van der Waals surface area (Å²) in [6.07, 6.45) is 11.1. The van der Waals surface area contributed by atoms with Gasteiger partial charge in [-0.15, -0.1) is 12.8 Å². The number of fused-ring (bicyclic) bond motifs is 1. The predicted molar refractivity (Wildman–Crippen MR) is 120 cm³/mol. The van der Waals surface area contributed by atoms with Crippen molar-refractivity contribution in [1.29, 1.82) is 0 Å². The fourth-order valence-corrected chi connectivity index (χ4v) is 3.63. The molecule has 2 aromatic carbocycles. The number of carbonyl (C=O) groups is 2. The molecule has 2 N–H and O–H groups in total. The molecule has 0 aromatic heterocycles. The second-order valence-corrected chi connectivity index (χ2v) is 7.56. The Hall–Kier alpha value is -4.28. The van der Waals surface area contributed by atoms with Crippen molar-refractivity contribution in [3.05, 3.63) is 94.0 Å². The lowest BCUT2D eigenvalue weighted by molar-refractivity contribution is 0.0685. The van der Waals surface area contributed by atoms with Gasteiger partial charge in [0.1, 0.15) is 0 Å². The summed E-state index contributed by atoms with van der Waals surface area (Å²) in [5.74, 6) is 2.65. The molecule has 0 spiro atoms. The Labute approximate surface area is 181 Å². The van der Waals surface area contributed by atoms with Crippen LogP contribution in [-0.2, 0) is 5.41 Å². The summed E-state index contributed by atoms with van der Waals surface area (Å²) >= 11 is 0. The molecule has 2 aromatic rings. The highest BCUT2D eigenvalue weighted by Crippen LogP contribution is 2.37. The minimum Gasteiger partial charge on any atom is -0.478 e. The van der Waals surface area contributed by atoms with E-state index in [1.165, 1.54) is 23.3 Å². The van der Waals surface area contributed by atoms with Crippen LogP contribution in [0.1, 0.15) is 56.8 Å². The summed E-state index contributed by atoms with van der Waals surface area (Å²) in [6, 6.07) is 18.0. The fraction of sp³-hybridized carbons (Fsp3) is 0.111. The number of carboxylic acid groups (broad SMARTS) is 2. The van der Waals surface area contributed by atoms with Crippen LogP contribution in [0, 0.1) is 24.7 Å². The summed E-state index contributed by atoms with van der Waals surface area (Å²) in [6.45, 7) is 3.66. The van der Waals surface area contributed by atoms with Gasteiger partial charge >= 0.3 is 11.9 Å². The van der Waals surface area contributed by atoms with Gasteiger partial charge < -0.3 is 10.2 Å². The molecule has 0 saturated heterocycles. The third-order valence-electron chi connectivity index (χ3n) is 5.34. The van der Waals surface area contributed by atoms with Gasteiger partial charge in [-0.2, -0.15) is 0 Å². The van der Waals surface area contributed by atoms with Gasteiger partial charge in [0.2, 0.25) is 0 Å². The van der Waals surface area contributed by atoms with E-state index in [1.54, 1.807) is 24.3 Å². The van der Waals surface area contributed by atoms with Crippen LogP contribution >= 0.6 is 0 Å². The van der Waals surface area contributed by atoms with Crippen LogP contribution in [0.2, 0.25) is 0 Å². The third kappa shape index (κ3) is 4.06. The largest absolute Gasteiger partial charge is 0.478 e. The zero-order valence-electron chi connectivity index (χ0n) is 17.1. The summed E-state index contributed by atoms with van der Waals surface area (Å²) < 4.78 is 0. The Bertz CT molecular complexity index is 1190. The number of rotatable bonds is 4. The van der Waals surface area contributed by atoms with Crippen molar-refractivity contribution >= 4 is 11.9 Å². The van der Waals surface area contributed by atoms with Gasteiger partial charge in [0.25, 0.3) is 0 Å². The zero-order valence-corrected chi connectivity index (χ0v) is 17.1. The summed E-state index contributed by atoms with van der Waals surface area (Å²) in [5.41, 5.74) is 3.79. The van der Waals surface area contributed by atoms with Crippen molar-refractivity contribution in [3.63, 3.8) is 0 Å². The smallest absolute Gasteiger partial charge is 0.336 e. The second kappa shape index (κ2) is 8.22. The van der Waals surface area contributed by atoms with Gasteiger partial charge in [-0.25, -0.2) is 9.59 Å². The van der Waals surface area contributed by atoms with Crippen molar-refractivity contribution in [2.24, 2.45) is 0 Å². The number of benzene rings is 3. The molecule has 4 heteroatoms. The van der Waals surface area contributed by atoms with E-state index in [0.717, 1.165) is 0 Å². The van der Waals surface area contributed by atoms with Crippen LogP contribution < -0.4 is 0 Å². The first-order valence-electron chi connectivity index (χ1n) is 9.49. The normalized spacial score (nSPS) is 10.7. The minimum atomic E-state index is -1.12. The molecule has 2 aliphatic rings. The molecule has 0 fully saturated rings. The monoisotopic (exact) mass is 408 g/mol. The molecule has 0 radical (unpaired) electrons. The molecule has 0 unspecified atom stereocenters. The van der Waals surface area contributed by atoms with Gasteiger partial charge in [0.05, 0.1) is 11.1 Å². The summed E-state index contributed by atoms with van der Waals surface area (Å²) in [5, 5.41) is 18.7. The van der Waals surface area contributed by atoms with Crippen LogP contribution in [0.15, 0.2) is 60.7 Å². The molecule has 4 nitrogen and oxygen atoms in total. The molecule has 0 heterocycles. The maximum atomic E-state index is 11.5. The van der Waals surface area contributed by atoms with Crippen LogP contribution in [-0.4, -0.2) is 22.2 Å². The van der Waals surface area contributed by atoms with Gasteiger partial charge in [0, 0.05) is 16.5 Å². The summed E-state index contributed by atoms with van der Waals surface area (Å²) in [4.78, 5) is 22.9. The van der Waals surface area contributed by atoms with E-state index in [4.69, 9.17) is 12.8 Å². The highest BCUT2D eigenvalue weighted by atomic mass is 16.4. The number of terminal acetylenes is 2. The first-order chi connectivity index (χ1) is 14.7. The molecular weight excluding hydrogens is 388 g/mol. The maximum absolute atomic E-state index is 11.5. The van der Waals surface area contributed by atoms with Crippen LogP contribution in [0.3, 0.4) is 0 Å². The van der Waals surface area contributed by atoms with E-state index in [2.05, 4.69) is 36.1 Å². The second-order valence-electron chi connectivity index (χ2n) is 7.56. The molecule has 2 aliphatic carbocycles. The average Bonchev–Trinajstić information content (AvgIpc) is 3.36.